The fourth-order valence-electron chi connectivity index (χ4n) is 1.51. The predicted octanol–water partition coefficient (Wildman–Crippen LogP) is 3.58. The second kappa shape index (κ2) is 5.60. The van der Waals surface area contributed by atoms with Crippen LogP contribution in [0.25, 0.3) is 0 Å². The summed E-state index contributed by atoms with van der Waals surface area (Å²) in [5.41, 5.74) is 0.700. The molecule has 1 aromatic rings. The molecular formula is C12H12O3S2. The Labute approximate surface area is 108 Å². The van der Waals surface area contributed by atoms with Crippen molar-refractivity contribution in [2.45, 2.75) is 17.4 Å². The molecule has 5 heteroatoms. The van der Waals surface area contributed by atoms with E-state index in [9.17, 15) is 9.59 Å². The zero-order valence-corrected chi connectivity index (χ0v) is 11.0. The van der Waals surface area contributed by atoms with Gasteiger partial charge in [0.1, 0.15) is 5.75 Å². The van der Waals surface area contributed by atoms with Crippen LogP contribution in [0.3, 0.4) is 0 Å². The first-order chi connectivity index (χ1) is 8.19. The number of hydrogen-bond donors (Lipinski definition) is 0. The predicted molar refractivity (Wildman–Crippen MR) is 70.9 cm³/mol. The Bertz CT molecular complexity index is 420. The molecule has 1 aliphatic rings. The molecule has 3 nitrogen and oxygen atoms in total. The van der Waals surface area contributed by atoms with Gasteiger partial charge in [0.15, 0.2) is 5.78 Å². The molecule has 0 bridgehead atoms. The standard InChI is InChI=1S/C12H12O3S2/c1-15-9-4-2-8(3-5-9)10(13)6-7-11-16-12(14)17-11/h2-5,11H,6-7H2,1H3. The maximum atomic E-state index is 11.8. The van der Waals surface area contributed by atoms with Gasteiger partial charge in [0.2, 0.25) is 4.45 Å². The Morgan fingerprint density at radius 2 is 1.94 bits per heavy atom. The highest BCUT2D eigenvalue weighted by Gasteiger charge is 2.28. The summed E-state index contributed by atoms with van der Waals surface area (Å²) < 4.78 is 5.46. The van der Waals surface area contributed by atoms with Crippen molar-refractivity contribution in [3.05, 3.63) is 29.8 Å². The number of hydrogen-bond acceptors (Lipinski definition) is 5. The van der Waals surface area contributed by atoms with Crippen LogP contribution in [0.1, 0.15) is 23.2 Å². The molecule has 1 fully saturated rings. The van der Waals surface area contributed by atoms with Crippen molar-refractivity contribution in [2.24, 2.45) is 0 Å². The van der Waals surface area contributed by atoms with Crippen LogP contribution in [0.15, 0.2) is 24.3 Å². The van der Waals surface area contributed by atoms with Crippen LogP contribution in [-0.2, 0) is 0 Å². The number of rotatable bonds is 5. The third-order valence-corrected chi connectivity index (χ3v) is 5.01. The topological polar surface area (TPSA) is 43.4 Å². The average molecular weight is 268 g/mol. The van der Waals surface area contributed by atoms with Crippen molar-refractivity contribution < 1.29 is 14.3 Å². The van der Waals surface area contributed by atoms with E-state index in [1.165, 1.54) is 23.5 Å². The summed E-state index contributed by atoms with van der Waals surface area (Å²) in [6.07, 6.45) is 1.25. The maximum Gasteiger partial charge on any atom is 0.248 e. The minimum absolute atomic E-state index is 0.119. The van der Waals surface area contributed by atoms with Crippen LogP contribution < -0.4 is 4.74 Å². The number of methoxy groups -OCH3 is 1. The second-order valence-electron chi connectivity index (χ2n) is 3.61. The van der Waals surface area contributed by atoms with Crippen molar-refractivity contribution in [3.8, 4) is 5.75 Å². The Kier molecular flexibility index (Phi) is 4.12. The lowest BCUT2D eigenvalue weighted by Gasteiger charge is -2.21. The highest BCUT2D eigenvalue weighted by atomic mass is 32.3. The Morgan fingerprint density at radius 3 is 2.47 bits per heavy atom. The van der Waals surface area contributed by atoms with E-state index >= 15 is 0 Å². The molecule has 0 aromatic heterocycles. The van der Waals surface area contributed by atoms with Gasteiger partial charge in [-0.3, -0.25) is 9.59 Å². The number of ether oxygens (including phenoxy) is 1. The molecule has 0 aliphatic carbocycles. The molecule has 0 unspecified atom stereocenters. The number of benzene rings is 1. The monoisotopic (exact) mass is 268 g/mol. The van der Waals surface area contributed by atoms with Gasteiger partial charge in [-0.05, 0) is 30.7 Å². The summed E-state index contributed by atoms with van der Waals surface area (Å²) in [5, 5.41) is 0. The van der Waals surface area contributed by atoms with Gasteiger partial charge in [-0.15, -0.1) is 0 Å². The van der Waals surface area contributed by atoms with Gasteiger partial charge < -0.3 is 4.74 Å². The normalized spacial score (nSPS) is 15.5. The number of thioether (sulfide) groups is 2. The zero-order valence-electron chi connectivity index (χ0n) is 9.34. The average Bonchev–Trinajstić information content (AvgIpc) is 2.33. The minimum atomic E-state index is 0.119. The first-order valence-corrected chi connectivity index (χ1v) is 6.99. The lowest BCUT2D eigenvalue weighted by molar-refractivity contribution is 0.0981. The van der Waals surface area contributed by atoms with E-state index in [4.69, 9.17) is 4.74 Å². The van der Waals surface area contributed by atoms with Gasteiger partial charge in [0, 0.05) is 12.0 Å². The molecule has 1 saturated heterocycles. The lowest BCUT2D eigenvalue weighted by atomic mass is 10.1. The summed E-state index contributed by atoms with van der Waals surface area (Å²) in [6.45, 7) is 0. The Balaban J connectivity index is 1.84. The molecule has 1 heterocycles. The van der Waals surface area contributed by atoms with Crippen molar-refractivity contribution in [1.29, 1.82) is 0 Å². The van der Waals surface area contributed by atoms with E-state index in [0.29, 0.717) is 12.0 Å². The molecule has 0 atom stereocenters. The molecule has 1 aromatic carbocycles. The summed E-state index contributed by atoms with van der Waals surface area (Å²) in [5.74, 6) is 0.866. The lowest BCUT2D eigenvalue weighted by Crippen LogP contribution is -2.13. The first kappa shape index (κ1) is 12.5. The van der Waals surface area contributed by atoms with Gasteiger partial charge in [-0.2, -0.15) is 0 Å². The highest BCUT2D eigenvalue weighted by Crippen LogP contribution is 2.44. The second-order valence-corrected chi connectivity index (χ2v) is 6.51. The van der Waals surface area contributed by atoms with Crippen LogP contribution in [-0.4, -0.2) is 21.9 Å². The molecule has 0 radical (unpaired) electrons. The summed E-state index contributed by atoms with van der Waals surface area (Å²) >= 11 is 2.65. The van der Waals surface area contributed by atoms with E-state index in [-0.39, 0.29) is 14.8 Å². The molecule has 0 amide bonds. The molecule has 0 spiro atoms. The van der Waals surface area contributed by atoms with Crippen LogP contribution in [0.4, 0.5) is 4.79 Å². The first-order valence-electron chi connectivity index (χ1n) is 5.23. The summed E-state index contributed by atoms with van der Waals surface area (Å²) in [7, 11) is 1.60. The number of carbonyl (C=O) groups is 2. The van der Waals surface area contributed by atoms with E-state index in [1.807, 2.05) is 0 Å². The number of carbonyl (C=O) groups excluding carboxylic acids is 2. The van der Waals surface area contributed by atoms with Crippen molar-refractivity contribution in [2.75, 3.05) is 7.11 Å². The molecule has 2 rings (SSSR count). The SMILES string of the molecule is COc1ccc(C(=O)CCC2SC(=O)S2)cc1. The van der Waals surface area contributed by atoms with Crippen LogP contribution in [0.5, 0.6) is 5.75 Å². The molecule has 0 N–H and O–H groups in total. The Hall–Kier alpha value is -0.940. The van der Waals surface area contributed by atoms with Crippen LogP contribution in [0.2, 0.25) is 0 Å². The van der Waals surface area contributed by atoms with Crippen LogP contribution in [0, 0.1) is 0 Å². The van der Waals surface area contributed by atoms with Gasteiger partial charge in [-0.25, -0.2) is 0 Å². The van der Waals surface area contributed by atoms with E-state index in [2.05, 4.69) is 0 Å². The molecule has 90 valence electrons. The van der Waals surface area contributed by atoms with Crippen molar-refractivity contribution in [3.63, 3.8) is 0 Å². The smallest absolute Gasteiger partial charge is 0.248 e. The largest absolute Gasteiger partial charge is 0.497 e. The molecular weight excluding hydrogens is 256 g/mol. The number of ketones is 1. The molecule has 17 heavy (non-hydrogen) atoms. The maximum absolute atomic E-state index is 11.8. The third kappa shape index (κ3) is 3.26. The summed E-state index contributed by atoms with van der Waals surface area (Å²) in [6, 6.07) is 7.11. The zero-order chi connectivity index (χ0) is 12.3. The van der Waals surface area contributed by atoms with Gasteiger partial charge in [0.25, 0.3) is 0 Å². The summed E-state index contributed by atoms with van der Waals surface area (Å²) in [4.78, 5) is 22.5. The van der Waals surface area contributed by atoms with E-state index < -0.39 is 0 Å². The third-order valence-electron chi connectivity index (χ3n) is 2.47. The van der Waals surface area contributed by atoms with Crippen molar-refractivity contribution in [1.82, 2.24) is 0 Å². The number of Topliss-reactive ketones (excluding diaryl/α,β-unsaturated/α-hetero) is 1. The van der Waals surface area contributed by atoms with Gasteiger partial charge in [-0.1, -0.05) is 23.5 Å². The van der Waals surface area contributed by atoms with Gasteiger partial charge in [0.05, 0.1) is 11.7 Å². The Morgan fingerprint density at radius 1 is 1.29 bits per heavy atom. The van der Waals surface area contributed by atoms with E-state index in [1.54, 1.807) is 31.4 Å². The van der Waals surface area contributed by atoms with Crippen LogP contribution >= 0.6 is 23.5 Å². The quantitative estimate of drug-likeness (QED) is 0.764. The minimum Gasteiger partial charge on any atom is -0.497 e. The molecule has 0 saturated carbocycles. The van der Waals surface area contributed by atoms with E-state index in [0.717, 1.165) is 12.2 Å². The molecule has 1 aliphatic heterocycles. The van der Waals surface area contributed by atoms with Gasteiger partial charge >= 0.3 is 0 Å². The van der Waals surface area contributed by atoms with Crippen molar-refractivity contribution >= 4 is 33.8 Å². The fraction of sp³-hybridized carbons (Fsp3) is 0.333. The fourth-order valence-corrected chi connectivity index (χ4v) is 3.36. The highest BCUT2D eigenvalue weighted by molar-refractivity contribution is 8.53.